The zero-order valence-corrected chi connectivity index (χ0v) is 19.8. The van der Waals surface area contributed by atoms with Crippen molar-refractivity contribution < 1.29 is 48.8 Å². The van der Waals surface area contributed by atoms with E-state index in [9.17, 15) is 35.2 Å². The summed E-state index contributed by atoms with van der Waals surface area (Å²) in [5.74, 6) is -3.44. The molecule has 0 radical (unpaired) electrons. The van der Waals surface area contributed by atoms with Crippen molar-refractivity contribution in [2.45, 2.75) is 87.7 Å². The number of amides is 1. The molecular weight excluding hydrogens is 489 g/mol. The third-order valence-electron chi connectivity index (χ3n) is 8.03. The van der Waals surface area contributed by atoms with Gasteiger partial charge < -0.3 is 14.8 Å². The Kier molecular flexibility index (Phi) is 6.52. The van der Waals surface area contributed by atoms with Crippen molar-refractivity contribution in [2.75, 3.05) is 13.2 Å². The lowest BCUT2D eigenvalue weighted by Gasteiger charge is -2.60. The van der Waals surface area contributed by atoms with Crippen molar-refractivity contribution in [1.29, 1.82) is 0 Å². The normalized spacial score (nSPS) is 36.3. The molecule has 5 aliphatic rings. The number of carbonyl (C=O) groups excluding carboxylic acids is 1. The summed E-state index contributed by atoms with van der Waals surface area (Å²) in [5.41, 5.74) is -0.995. The van der Waals surface area contributed by atoms with E-state index in [1.807, 2.05) is 6.92 Å². The highest BCUT2D eigenvalue weighted by Gasteiger charge is 2.62. The number of rotatable bonds is 7. The van der Waals surface area contributed by atoms with Crippen molar-refractivity contribution >= 4 is 16.0 Å². The number of nitrogens with one attached hydrogen (secondary N) is 1. The van der Waals surface area contributed by atoms with Gasteiger partial charge in [-0.2, -0.15) is 30.4 Å². The van der Waals surface area contributed by atoms with Gasteiger partial charge in [0.1, 0.15) is 0 Å². The molecule has 0 aromatic rings. The summed E-state index contributed by atoms with van der Waals surface area (Å²) in [4.78, 5) is 12.6. The van der Waals surface area contributed by atoms with Gasteiger partial charge in [-0.1, -0.05) is 6.92 Å². The van der Waals surface area contributed by atoms with Crippen LogP contribution >= 0.6 is 0 Å². The van der Waals surface area contributed by atoms with Crippen molar-refractivity contribution in [3.8, 4) is 0 Å². The van der Waals surface area contributed by atoms with Gasteiger partial charge in [0.25, 0.3) is 0 Å². The van der Waals surface area contributed by atoms with Crippen LogP contribution in [-0.4, -0.2) is 56.4 Å². The van der Waals surface area contributed by atoms with E-state index in [0.29, 0.717) is 19.3 Å². The maximum atomic E-state index is 14.9. The van der Waals surface area contributed by atoms with Crippen LogP contribution in [0.15, 0.2) is 0 Å². The quantitative estimate of drug-likeness (QED) is 0.407. The Labute approximate surface area is 195 Å². The van der Waals surface area contributed by atoms with Gasteiger partial charge >= 0.3 is 27.5 Å². The molecule has 34 heavy (non-hydrogen) atoms. The Bertz CT molecular complexity index is 890. The fourth-order valence-corrected chi connectivity index (χ4v) is 7.35. The summed E-state index contributed by atoms with van der Waals surface area (Å²) < 4.78 is 109. The second-order valence-electron chi connectivity index (χ2n) is 10.5. The van der Waals surface area contributed by atoms with E-state index in [0.717, 1.165) is 26.2 Å². The lowest BCUT2D eigenvalue weighted by molar-refractivity contribution is -0.288. The summed E-state index contributed by atoms with van der Waals surface area (Å²) in [5, 5.41) is -2.97. The second kappa shape index (κ2) is 8.52. The second-order valence-corrected chi connectivity index (χ2v) is 12.1. The Morgan fingerprint density at radius 3 is 2.18 bits per heavy atom. The minimum absolute atomic E-state index is 0.0512. The first-order chi connectivity index (χ1) is 15.6. The highest BCUT2D eigenvalue weighted by molar-refractivity contribution is 7.88. The molecule has 1 heterocycles. The van der Waals surface area contributed by atoms with Gasteiger partial charge in [0.05, 0.1) is 13.2 Å². The monoisotopic (exact) mass is 519 g/mol. The van der Waals surface area contributed by atoms with Gasteiger partial charge in [-0.05, 0) is 69.1 Å². The molecule has 4 saturated carbocycles. The molecule has 5 rings (SSSR count). The number of hydrogen-bond acceptors (Lipinski definition) is 6. The zero-order valence-electron chi connectivity index (χ0n) is 19.0. The molecule has 1 saturated heterocycles. The molecule has 0 aromatic carbocycles. The molecule has 0 spiro atoms. The first-order valence-electron chi connectivity index (χ1n) is 11.5. The van der Waals surface area contributed by atoms with E-state index in [1.54, 1.807) is 0 Å². The summed E-state index contributed by atoms with van der Waals surface area (Å²) in [7, 11) is -6.30. The number of ether oxygens (including phenoxy) is 2. The van der Waals surface area contributed by atoms with E-state index in [4.69, 9.17) is 9.47 Å². The van der Waals surface area contributed by atoms with Gasteiger partial charge in [-0.3, -0.25) is 8.98 Å². The molecule has 0 aromatic heterocycles. The molecule has 4 bridgehead atoms. The number of hydrogen-bond donors (Lipinski definition) is 1. The van der Waals surface area contributed by atoms with Crippen LogP contribution in [0.4, 0.5) is 22.0 Å². The molecule has 4 aliphatic carbocycles. The average Bonchev–Trinajstić information content (AvgIpc) is 2.70. The maximum Gasteiger partial charge on any atom is 0.446 e. The predicted octanol–water partition coefficient (Wildman–Crippen LogP) is 3.73. The van der Waals surface area contributed by atoms with Gasteiger partial charge in [-0.15, -0.1) is 0 Å². The molecule has 4 unspecified atom stereocenters. The summed E-state index contributed by atoms with van der Waals surface area (Å²) in [6.07, 6.45) is -5.60. The Morgan fingerprint density at radius 2 is 1.65 bits per heavy atom. The van der Waals surface area contributed by atoms with Crippen molar-refractivity contribution in [3.63, 3.8) is 0 Å². The molecule has 196 valence electrons. The first kappa shape index (κ1) is 26.0. The minimum Gasteiger partial charge on any atom is -0.350 e. The molecule has 1 amide bonds. The largest absolute Gasteiger partial charge is 0.446 e. The lowest BCUT2D eigenvalue weighted by atomic mass is 9.49. The minimum atomic E-state index is -6.30. The van der Waals surface area contributed by atoms with Crippen molar-refractivity contribution in [3.05, 3.63) is 0 Å². The van der Waals surface area contributed by atoms with Crippen LogP contribution in [0.3, 0.4) is 0 Å². The van der Waals surface area contributed by atoms with Gasteiger partial charge in [-0.25, -0.2) is 0 Å². The number of alkyl halides is 5. The third kappa shape index (κ3) is 4.69. The predicted molar refractivity (Wildman–Crippen MR) is 108 cm³/mol. The fraction of sp³-hybridized carbons (Fsp3) is 0.952. The van der Waals surface area contributed by atoms with Crippen LogP contribution in [0.25, 0.3) is 0 Å². The number of halogens is 5. The molecular formula is C21H30F5NO6S. The van der Waals surface area contributed by atoms with Crippen LogP contribution in [0.5, 0.6) is 0 Å². The molecule has 5 fully saturated rings. The van der Waals surface area contributed by atoms with Crippen LogP contribution in [0.1, 0.15) is 58.8 Å². The van der Waals surface area contributed by atoms with Crippen LogP contribution in [0, 0.1) is 23.7 Å². The summed E-state index contributed by atoms with van der Waals surface area (Å²) >= 11 is 0. The van der Waals surface area contributed by atoms with Crippen molar-refractivity contribution in [2.24, 2.45) is 23.7 Å². The van der Waals surface area contributed by atoms with Gasteiger partial charge in [0, 0.05) is 12.0 Å². The van der Waals surface area contributed by atoms with E-state index in [2.05, 4.69) is 9.50 Å². The van der Waals surface area contributed by atoms with Gasteiger partial charge in [0.15, 0.2) is 11.9 Å². The Hall–Kier alpha value is -1.05. The smallest absolute Gasteiger partial charge is 0.350 e. The molecule has 4 atom stereocenters. The summed E-state index contributed by atoms with van der Waals surface area (Å²) in [6, 6.07) is 0. The van der Waals surface area contributed by atoms with E-state index in [-0.39, 0.29) is 36.9 Å². The van der Waals surface area contributed by atoms with Crippen LogP contribution < -0.4 is 5.32 Å². The molecule has 7 nitrogen and oxygen atoms in total. The first-order valence-corrected chi connectivity index (χ1v) is 13.0. The number of carbonyl (C=O) groups is 1. The van der Waals surface area contributed by atoms with Crippen LogP contribution in [-0.2, 0) is 28.6 Å². The molecule has 13 heteroatoms. The third-order valence-corrected chi connectivity index (χ3v) is 9.33. The fourth-order valence-electron chi connectivity index (χ4n) is 6.47. The van der Waals surface area contributed by atoms with E-state index >= 15 is 0 Å². The Balaban J connectivity index is 1.51. The van der Waals surface area contributed by atoms with E-state index < -0.39 is 51.3 Å². The highest BCUT2D eigenvalue weighted by atomic mass is 32.2. The molecule has 1 N–H and O–H groups in total. The lowest BCUT2D eigenvalue weighted by Crippen LogP contribution is -2.67. The van der Waals surface area contributed by atoms with Gasteiger partial charge in [0.2, 0.25) is 0 Å². The zero-order chi connectivity index (χ0) is 25.2. The highest BCUT2D eigenvalue weighted by Crippen LogP contribution is 2.58. The standard InChI is InChI=1S/C21H30F5NO6S/c1-12-15-7-13-6-14(8-15)10-19(12,9-13)27-17(28)21(25,26)34(29,30)33-16(20(22,23)24)11-18(2)31-4-3-5-32-18/h12-16H,3-11H2,1-2H3,(H,27,28). The van der Waals surface area contributed by atoms with E-state index in [1.165, 1.54) is 0 Å². The maximum absolute atomic E-state index is 14.9. The average molecular weight is 520 g/mol. The Morgan fingerprint density at radius 1 is 1.09 bits per heavy atom. The SMILES string of the molecule is CC1C2CC3CC(C2)CC1(NC(=O)C(F)(F)S(=O)(=O)OC(CC1(C)OCCCO1)C(F)(F)F)C3. The topological polar surface area (TPSA) is 90.9 Å². The summed E-state index contributed by atoms with van der Waals surface area (Å²) in [6.45, 7) is 3.09. The van der Waals surface area contributed by atoms with Crippen molar-refractivity contribution in [1.82, 2.24) is 5.32 Å². The van der Waals surface area contributed by atoms with Crippen LogP contribution in [0.2, 0.25) is 0 Å². The molecule has 1 aliphatic heterocycles.